The topological polar surface area (TPSA) is 69.1 Å². The maximum Gasteiger partial charge on any atom is 0.248 e. The number of nitrogen functional groups attached to an aromatic ring is 1. The summed E-state index contributed by atoms with van der Waals surface area (Å²) in [5.41, 5.74) is 10.7. The predicted molar refractivity (Wildman–Crippen MR) is 49.0 cm³/mol. The van der Waals surface area contributed by atoms with E-state index in [4.69, 9.17) is 11.5 Å². The standard InChI is InChI=1S/C9H9FN2O/c1-5(9(12)13)7-4-6(11)2-3-8(7)10/h2-4H,1,11H2,(H2,12,13). The van der Waals surface area contributed by atoms with E-state index in [0.29, 0.717) is 5.69 Å². The second-order valence-electron chi connectivity index (χ2n) is 2.58. The molecule has 0 bridgehead atoms. The summed E-state index contributed by atoms with van der Waals surface area (Å²) in [6, 6.07) is 3.88. The molecule has 0 saturated heterocycles. The zero-order valence-electron chi connectivity index (χ0n) is 6.88. The summed E-state index contributed by atoms with van der Waals surface area (Å²) < 4.78 is 13.1. The zero-order chi connectivity index (χ0) is 10.0. The van der Waals surface area contributed by atoms with Crippen LogP contribution in [0.25, 0.3) is 5.57 Å². The van der Waals surface area contributed by atoms with E-state index in [0.717, 1.165) is 0 Å². The van der Waals surface area contributed by atoms with E-state index in [1.807, 2.05) is 0 Å². The Morgan fingerprint density at radius 1 is 1.46 bits per heavy atom. The van der Waals surface area contributed by atoms with Gasteiger partial charge in [0.05, 0.1) is 0 Å². The average molecular weight is 180 g/mol. The molecule has 1 amide bonds. The fourth-order valence-electron chi connectivity index (χ4n) is 0.907. The van der Waals surface area contributed by atoms with Crippen LogP contribution in [0.4, 0.5) is 10.1 Å². The predicted octanol–water partition coefficient (Wildman–Crippen LogP) is 0.906. The van der Waals surface area contributed by atoms with E-state index in [-0.39, 0.29) is 11.1 Å². The minimum atomic E-state index is -0.760. The van der Waals surface area contributed by atoms with Crippen LogP contribution in [0.2, 0.25) is 0 Å². The Balaban J connectivity index is 3.21. The van der Waals surface area contributed by atoms with Crippen LogP contribution in [-0.2, 0) is 4.79 Å². The van der Waals surface area contributed by atoms with Gasteiger partial charge in [-0.2, -0.15) is 0 Å². The fourth-order valence-corrected chi connectivity index (χ4v) is 0.907. The molecule has 1 aromatic rings. The Morgan fingerprint density at radius 2 is 2.08 bits per heavy atom. The first-order valence-electron chi connectivity index (χ1n) is 3.56. The van der Waals surface area contributed by atoms with Gasteiger partial charge in [-0.15, -0.1) is 0 Å². The Bertz CT molecular complexity index is 374. The average Bonchev–Trinajstić information content (AvgIpc) is 2.08. The van der Waals surface area contributed by atoms with Crippen LogP contribution in [0.15, 0.2) is 24.8 Å². The van der Waals surface area contributed by atoms with Gasteiger partial charge in [-0.3, -0.25) is 4.79 Å². The van der Waals surface area contributed by atoms with Crippen LogP contribution >= 0.6 is 0 Å². The maximum atomic E-state index is 13.1. The van der Waals surface area contributed by atoms with Gasteiger partial charge in [0, 0.05) is 16.8 Å². The lowest BCUT2D eigenvalue weighted by atomic mass is 10.1. The van der Waals surface area contributed by atoms with Gasteiger partial charge in [0.1, 0.15) is 5.82 Å². The van der Waals surface area contributed by atoms with Crippen molar-refractivity contribution >= 4 is 17.2 Å². The van der Waals surface area contributed by atoms with Gasteiger partial charge in [0.15, 0.2) is 0 Å². The number of amides is 1. The highest BCUT2D eigenvalue weighted by Gasteiger charge is 2.10. The van der Waals surface area contributed by atoms with Crippen LogP contribution in [0.3, 0.4) is 0 Å². The third kappa shape index (κ3) is 1.84. The van der Waals surface area contributed by atoms with Crippen molar-refractivity contribution in [2.24, 2.45) is 5.73 Å². The molecule has 0 spiro atoms. The Hall–Kier alpha value is -1.84. The molecule has 0 radical (unpaired) electrons. The van der Waals surface area contributed by atoms with Crippen molar-refractivity contribution in [3.05, 3.63) is 36.2 Å². The number of hydrogen-bond donors (Lipinski definition) is 2. The molecule has 1 aromatic carbocycles. The number of benzene rings is 1. The molecule has 0 aliphatic heterocycles. The van der Waals surface area contributed by atoms with E-state index in [2.05, 4.69) is 6.58 Å². The van der Waals surface area contributed by atoms with Crippen LogP contribution in [0.5, 0.6) is 0 Å². The van der Waals surface area contributed by atoms with Gasteiger partial charge in [0.25, 0.3) is 0 Å². The molecule has 0 unspecified atom stereocenters. The third-order valence-electron chi connectivity index (χ3n) is 1.61. The van der Waals surface area contributed by atoms with Crippen molar-refractivity contribution in [1.82, 2.24) is 0 Å². The maximum absolute atomic E-state index is 13.1. The van der Waals surface area contributed by atoms with Gasteiger partial charge >= 0.3 is 0 Å². The number of carbonyl (C=O) groups is 1. The number of hydrogen-bond acceptors (Lipinski definition) is 2. The summed E-state index contributed by atoms with van der Waals surface area (Å²) in [6.45, 7) is 3.36. The van der Waals surface area contributed by atoms with E-state index in [9.17, 15) is 9.18 Å². The van der Waals surface area contributed by atoms with Gasteiger partial charge in [-0.05, 0) is 18.2 Å². The number of primary amides is 1. The fraction of sp³-hybridized carbons (Fsp3) is 0. The Labute approximate surface area is 74.8 Å². The smallest absolute Gasteiger partial charge is 0.248 e. The molecule has 0 saturated carbocycles. The van der Waals surface area contributed by atoms with E-state index in [1.165, 1.54) is 18.2 Å². The molecule has 68 valence electrons. The first-order chi connectivity index (χ1) is 6.02. The van der Waals surface area contributed by atoms with Crippen molar-refractivity contribution < 1.29 is 9.18 Å². The molecule has 0 aliphatic carbocycles. The SMILES string of the molecule is C=C(C(N)=O)c1cc(N)ccc1F. The first kappa shape index (κ1) is 9.25. The van der Waals surface area contributed by atoms with Crippen molar-refractivity contribution in [2.75, 3.05) is 5.73 Å². The first-order valence-corrected chi connectivity index (χ1v) is 3.56. The van der Waals surface area contributed by atoms with E-state index in [1.54, 1.807) is 0 Å². The monoisotopic (exact) mass is 180 g/mol. The Kier molecular flexibility index (Phi) is 2.32. The quantitative estimate of drug-likeness (QED) is 0.524. The summed E-state index contributed by atoms with van der Waals surface area (Å²) in [7, 11) is 0. The lowest BCUT2D eigenvalue weighted by Crippen LogP contribution is -2.13. The third-order valence-corrected chi connectivity index (χ3v) is 1.61. The van der Waals surface area contributed by atoms with Crippen LogP contribution < -0.4 is 11.5 Å². The van der Waals surface area contributed by atoms with Crippen LogP contribution in [0.1, 0.15) is 5.56 Å². The molecule has 13 heavy (non-hydrogen) atoms. The minimum absolute atomic E-state index is 0.0486. The summed E-state index contributed by atoms with van der Waals surface area (Å²) >= 11 is 0. The van der Waals surface area contributed by atoms with Gasteiger partial charge in [0.2, 0.25) is 5.91 Å². The van der Waals surface area contributed by atoms with E-state index >= 15 is 0 Å². The molecular formula is C9H9FN2O. The number of anilines is 1. The van der Waals surface area contributed by atoms with Crippen molar-refractivity contribution in [1.29, 1.82) is 0 Å². The molecular weight excluding hydrogens is 171 g/mol. The van der Waals surface area contributed by atoms with Gasteiger partial charge < -0.3 is 11.5 Å². The van der Waals surface area contributed by atoms with Gasteiger partial charge in [-0.25, -0.2) is 4.39 Å². The second-order valence-corrected chi connectivity index (χ2v) is 2.58. The molecule has 4 N–H and O–H groups in total. The molecule has 0 aromatic heterocycles. The van der Waals surface area contributed by atoms with Crippen molar-refractivity contribution in [3.8, 4) is 0 Å². The molecule has 0 atom stereocenters. The normalized spacial score (nSPS) is 9.62. The van der Waals surface area contributed by atoms with Crippen molar-refractivity contribution in [3.63, 3.8) is 0 Å². The highest BCUT2D eigenvalue weighted by molar-refractivity contribution is 6.18. The second kappa shape index (κ2) is 3.26. The molecule has 0 aliphatic rings. The van der Waals surface area contributed by atoms with Crippen LogP contribution in [0, 0.1) is 5.82 Å². The summed E-state index contributed by atoms with van der Waals surface area (Å²) in [4.78, 5) is 10.7. The Morgan fingerprint density at radius 3 is 2.62 bits per heavy atom. The molecule has 0 heterocycles. The summed E-state index contributed by atoms with van der Waals surface area (Å²) in [5, 5.41) is 0. The lowest BCUT2D eigenvalue weighted by molar-refractivity contribution is -0.112. The van der Waals surface area contributed by atoms with Crippen LogP contribution in [-0.4, -0.2) is 5.91 Å². The lowest BCUT2D eigenvalue weighted by Gasteiger charge is -2.03. The highest BCUT2D eigenvalue weighted by atomic mass is 19.1. The number of carbonyl (C=O) groups excluding carboxylic acids is 1. The summed E-state index contributed by atoms with van der Waals surface area (Å²) in [5.74, 6) is -1.32. The highest BCUT2D eigenvalue weighted by Crippen LogP contribution is 2.18. The molecule has 4 heteroatoms. The molecule has 3 nitrogen and oxygen atoms in total. The van der Waals surface area contributed by atoms with E-state index < -0.39 is 11.7 Å². The number of nitrogens with two attached hydrogens (primary N) is 2. The largest absolute Gasteiger partial charge is 0.399 e. The van der Waals surface area contributed by atoms with Gasteiger partial charge in [-0.1, -0.05) is 6.58 Å². The number of halogens is 1. The van der Waals surface area contributed by atoms with Crippen molar-refractivity contribution in [2.45, 2.75) is 0 Å². The molecule has 1 rings (SSSR count). The zero-order valence-corrected chi connectivity index (χ0v) is 6.88. The number of rotatable bonds is 2. The molecule has 0 fully saturated rings. The summed E-state index contributed by atoms with van der Waals surface area (Å²) in [6.07, 6.45) is 0. The minimum Gasteiger partial charge on any atom is -0.399 e.